The minimum absolute atomic E-state index is 0.00433. The van der Waals surface area contributed by atoms with Crippen LogP contribution in [0.3, 0.4) is 0 Å². The maximum Gasteiger partial charge on any atom is 0.273 e. The largest absolute Gasteiger partial charge is 0.469 e. The van der Waals surface area contributed by atoms with Crippen molar-refractivity contribution in [1.82, 2.24) is 16.2 Å². The second kappa shape index (κ2) is 7.53. The third-order valence-corrected chi connectivity index (χ3v) is 3.61. The van der Waals surface area contributed by atoms with Crippen LogP contribution in [0.1, 0.15) is 21.0 Å². The van der Waals surface area contributed by atoms with Crippen LogP contribution in [0, 0.1) is 6.92 Å². The van der Waals surface area contributed by atoms with Crippen LogP contribution in [-0.2, 0) is 4.79 Å². The van der Waals surface area contributed by atoms with Crippen LogP contribution in [0.25, 0.3) is 6.08 Å². The molecule has 0 spiro atoms. The van der Waals surface area contributed by atoms with Gasteiger partial charge in [-0.1, -0.05) is 6.07 Å². The summed E-state index contributed by atoms with van der Waals surface area (Å²) in [6.07, 6.45) is 4.46. The van der Waals surface area contributed by atoms with Crippen LogP contribution >= 0.6 is 23.6 Å². The highest BCUT2D eigenvalue weighted by Gasteiger charge is 2.11. The Morgan fingerprint density at radius 1 is 1.32 bits per heavy atom. The van der Waals surface area contributed by atoms with E-state index in [0.29, 0.717) is 11.3 Å². The maximum absolute atomic E-state index is 11.8. The van der Waals surface area contributed by atoms with E-state index >= 15 is 0 Å². The minimum atomic E-state index is -0.406. The molecule has 2 aromatic heterocycles. The predicted octanol–water partition coefficient (Wildman–Crippen LogP) is 2.00. The molecule has 22 heavy (non-hydrogen) atoms. The van der Waals surface area contributed by atoms with Crippen LogP contribution in [-0.4, -0.2) is 16.9 Å². The fourth-order valence-electron chi connectivity index (χ4n) is 1.53. The molecule has 0 radical (unpaired) electrons. The number of hydrazine groups is 1. The Morgan fingerprint density at radius 2 is 2.14 bits per heavy atom. The van der Waals surface area contributed by atoms with Gasteiger partial charge in [-0.25, -0.2) is 0 Å². The Hall–Kier alpha value is -2.45. The number of nitrogens with one attached hydrogen (secondary N) is 3. The molecule has 0 atom stereocenters. The van der Waals surface area contributed by atoms with Crippen molar-refractivity contribution >= 4 is 46.6 Å². The first-order valence-electron chi connectivity index (χ1n) is 6.23. The van der Waals surface area contributed by atoms with Crippen molar-refractivity contribution in [1.29, 1.82) is 0 Å². The average Bonchev–Trinajstić information content (AvgIpc) is 3.14. The molecule has 2 heterocycles. The Balaban J connectivity index is 1.77. The summed E-state index contributed by atoms with van der Waals surface area (Å²) in [5, 5.41) is 4.33. The van der Waals surface area contributed by atoms with Gasteiger partial charge < -0.3 is 4.42 Å². The van der Waals surface area contributed by atoms with E-state index in [9.17, 15) is 9.59 Å². The normalized spacial score (nSPS) is 10.4. The Morgan fingerprint density at radius 3 is 2.77 bits per heavy atom. The topological polar surface area (TPSA) is 83.4 Å². The summed E-state index contributed by atoms with van der Waals surface area (Å²) in [5.41, 5.74) is 5.21. The van der Waals surface area contributed by atoms with Crippen molar-refractivity contribution in [2.45, 2.75) is 6.92 Å². The van der Waals surface area contributed by atoms with Gasteiger partial charge in [0.05, 0.1) is 11.8 Å². The zero-order valence-corrected chi connectivity index (χ0v) is 13.2. The molecule has 114 valence electrons. The van der Waals surface area contributed by atoms with E-state index in [1.165, 1.54) is 29.7 Å². The quantitative estimate of drug-likeness (QED) is 0.454. The third kappa shape index (κ3) is 4.54. The van der Waals surface area contributed by atoms with Gasteiger partial charge in [-0.2, -0.15) is 0 Å². The molecule has 0 aliphatic rings. The summed E-state index contributed by atoms with van der Waals surface area (Å²) in [6, 6.07) is 5.32. The molecule has 0 saturated carbocycles. The second-order valence-corrected chi connectivity index (χ2v) is 5.52. The van der Waals surface area contributed by atoms with E-state index in [2.05, 4.69) is 16.2 Å². The summed E-state index contributed by atoms with van der Waals surface area (Å²) in [4.78, 5) is 24.4. The predicted molar refractivity (Wildman–Crippen MR) is 88.1 cm³/mol. The number of carbonyl (C=O) groups is 2. The molecule has 0 aromatic carbocycles. The molecule has 0 saturated heterocycles. The molecule has 0 aliphatic carbocycles. The molecule has 0 unspecified atom stereocenters. The van der Waals surface area contributed by atoms with Gasteiger partial charge in [0.1, 0.15) is 5.76 Å². The van der Waals surface area contributed by atoms with E-state index in [1.54, 1.807) is 13.0 Å². The number of rotatable bonds is 3. The number of carbonyl (C=O) groups excluding carboxylic acids is 2. The molecule has 0 fully saturated rings. The highest BCUT2D eigenvalue weighted by atomic mass is 32.1. The Labute approximate surface area is 136 Å². The molecule has 3 N–H and O–H groups in total. The Kier molecular flexibility index (Phi) is 5.45. The van der Waals surface area contributed by atoms with Gasteiger partial charge in [-0.05, 0) is 42.7 Å². The first-order chi connectivity index (χ1) is 10.6. The molecular formula is C14H13N3O3S2. The van der Waals surface area contributed by atoms with Crippen molar-refractivity contribution in [3.8, 4) is 0 Å². The minimum Gasteiger partial charge on any atom is -0.469 e. The lowest BCUT2D eigenvalue weighted by Gasteiger charge is -2.09. The van der Waals surface area contributed by atoms with Gasteiger partial charge in [-0.3, -0.25) is 25.8 Å². The molecular weight excluding hydrogens is 322 g/mol. The van der Waals surface area contributed by atoms with Crippen LogP contribution < -0.4 is 16.2 Å². The van der Waals surface area contributed by atoms with Crippen LogP contribution in [0.15, 0.2) is 40.3 Å². The van der Waals surface area contributed by atoms with Crippen LogP contribution in [0.5, 0.6) is 0 Å². The van der Waals surface area contributed by atoms with Crippen molar-refractivity contribution in [2.24, 2.45) is 0 Å². The zero-order chi connectivity index (χ0) is 15.9. The van der Waals surface area contributed by atoms with E-state index in [-0.39, 0.29) is 11.0 Å². The summed E-state index contributed by atoms with van der Waals surface area (Å²) in [5.74, 6) is -0.301. The lowest BCUT2D eigenvalue weighted by Crippen LogP contribution is -2.48. The number of amides is 2. The van der Waals surface area contributed by atoms with Gasteiger partial charge in [-0.15, -0.1) is 11.3 Å². The number of hydrogen-bond donors (Lipinski definition) is 3. The molecule has 2 amide bonds. The van der Waals surface area contributed by atoms with Crippen molar-refractivity contribution in [3.63, 3.8) is 0 Å². The fraction of sp³-hybridized carbons (Fsp3) is 0.0714. The van der Waals surface area contributed by atoms with E-state index in [0.717, 1.165) is 4.88 Å². The summed E-state index contributed by atoms with van der Waals surface area (Å²) < 4.78 is 5.02. The monoisotopic (exact) mass is 335 g/mol. The standard InChI is InChI=1S/C14H13N3O3S2/c1-9-11(6-7-20-9)13(19)16-17-14(21)15-12(18)5-4-10-3-2-8-22-10/h2-8H,1H3,(H,16,19)(H2,15,17,18,21). The fourth-order valence-corrected chi connectivity index (χ4v) is 2.30. The van der Waals surface area contributed by atoms with Gasteiger partial charge in [0.2, 0.25) is 5.91 Å². The highest BCUT2D eigenvalue weighted by molar-refractivity contribution is 7.80. The Bertz CT molecular complexity index is 705. The lowest BCUT2D eigenvalue weighted by molar-refractivity contribution is -0.115. The lowest BCUT2D eigenvalue weighted by atomic mass is 10.2. The van der Waals surface area contributed by atoms with Gasteiger partial charge in [0.25, 0.3) is 5.91 Å². The first-order valence-corrected chi connectivity index (χ1v) is 7.52. The molecule has 8 heteroatoms. The van der Waals surface area contributed by atoms with Crippen LogP contribution in [0.2, 0.25) is 0 Å². The number of thiocarbonyl (C=S) groups is 1. The first kappa shape index (κ1) is 15.9. The number of thiophene rings is 1. The second-order valence-electron chi connectivity index (χ2n) is 4.14. The van der Waals surface area contributed by atoms with E-state index < -0.39 is 5.91 Å². The molecule has 2 aromatic rings. The molecule has 0 bridgehead atoms. The molecule has 0 aliphatic heterocycles. The average molecular weight is 335 g/mol. The maximum atomic E-state index is 11.8. The number of aryl methyl sites for hydroxylation is 1. The van der Waals surface area contributed by atoms with Crippen molar-refractivity contribution in [2.75, 3.05) is 0 Å². The molecule has 2 rings (SSSR count). The zero-order valence-electron chi connectivity index (χ0n) is 11.6. The number of furan rings is 1. The van der Waals surface area contributed by atoms with Crippen molar-refractivity contribution in [3.05, 3.63) is 52.1 Å². The van der Waals surface area contributed by atoms with Gasteiger partial charge in [0.15, 0.2) is 5.11 Å². The van der Waals surface area contributed by atoms with Crippen molar-refractivity contribution < 1.29 is 14.0 Å². The van der Waals surface area contributed by atoms with E-state index in [1.807, 2.05) is 17.5 Å². The smallest absolute Gasteiger partial charge is 0.273 e. The summed E-state index contributed by atoms with van der Waals surface area (Å²) >= 11 is 6.43. The number of hydrogen-bond acceptors (Lipinski definition) is 5. The van der Waals surface area contributed by atoms with Gasteiger partial charge in [0, 0.05) is 11.0 Å². The highest BCUT2D eigenvalue weighted by Crippen LogP contribution is 2.09. The summed E-state index contributed by atoms with van der Waals surface area (Å²) in [7, 11) is 0. The summed E-state index contributed by atoms with van der Waals surface area (Å²) in [6.45, 7) is 1.67. The van der Waals surface area contributed by atoms with Crippen LogP contribution in [0.4, 0.5) is 0 Å². The molecule has 6 nitrogen and oxygen atoms in total. The van der Waals surface area contributed by atoms with Gasteiger partial charge >= 0.3 is 0 Å². The SMILES string of the molecule is Cc1occc1C(=O)NNC(=S)NC(=O)C=Cc1cccs1. The third-order valence-electron chi connectivity index (χ3n) is 2.57. The van der Waals surface area contributed by atoms with E-state index in [4.69, 9.17) is 16.6 Å².